The maximum Gasteiger partial charge on any atom is 0.249 e. The van der Waals surface area contributed by atoms with Gasteiger partial charge in [0.25, 0.3) is 0 Å². The normalized spacial score (nSPS) is 11.4. The summed E-state index contributed by atoms with van der Waals surface area (Å²) in [5.74, 6) is -0.439. The van der Waals surface area contributed by atoms with Gasteiger partial charge in [-0.1, -0.05) is 0 Å². The predicted octanol–water partition coefficient (Wildman–Crippen LogP) is 1.82. The van der Waals surface area contributed by atoms with Crippen molar-refractivity contribution < 1.29 is 8.81 Å². The van der Waals surface area contributed by atoms with Crippen LogP contribution in [0.3, 0.4) is 0 Å². The number of fused-ring (bicyclic) bond motifs is 2. The van der Waals surface area contributed by atoms with Gasteiger partial charge in [-0.3, -0.25) is 9.48 Å². The monoisotopic (exact) mass is 218 g/mol. The lowest BCUT2D eigenvalue weighted by atomic mass is 10.2. The summed E-state index contributed by atoms with van der Waals surface area (Å²) in [5.41, 5.74) is 0.256. The van der Waals surface area contributed by atoms with E-state index in [0.717, 1.165) is 0 Å². The lowest BCUT2D eigenvalue weighted by Gasteiger charge is -1.95. The molecule has 0 N–H and O–H groups in total. The second-order valence-electron chi connectivity index (χ2n) is 3.59. The van der Waals surface area contributed by atoms with Crippen molar-refractivity contribution in [3.05, 3.63) is 40.4 Å². The fraction of sp³-hybridized carbons (Fsp3) is 0.0909. The molecule has 0 radical (unpaired) electrons. The topological polar surface area (TPSA) is 48.0 Å². The van der Waals surface area contributed by atoms with Crippen LogP contribution in [0.2, 0.25) is 0 Å². The molecular weight excluding hydrogens is 211 g/mol. The quantitative estimate of drug-likeness (QED) is 0.578. The Morgan fingerprint density at radius 1 is 1.38 bits per heavy atom. The Kier molecular flexibility index (Phi) is 1.65. The van der Waals surface area contributed by atoms with Crippen LogP contribution >= 0.6 is 0 Å². The number of nitrogens with zero attached hydrogens (tertiary/aromatic N) is 2. The fourth-order valence-corrected chi connectivity index (χ4v) is 1.72. The first-order valence-corrected chi connectivity index (χ1v) is 4.71. The Hall–Kier alpha value is -2.17. The minimum atomic E-state index is -0.439. The minimum absolute atomic E-state index is 0.190. The Bertz CT molecular complexity index is 758. The summed E-state index contributed by atoms with van der Waals surface area (Å²) in [4.78, 5) is 12.0. The summed E-state index contributed by atoms with van der Waals surface area (Å²) >= 11 is 0. The van der Waals surface area contributed by atoms with Gasteiger partial charge in [-0.25, -0.2) is 4.39 Å². The van der Waals surface area contributed by atoms with Crippen LogP contribution in [0, 0.1) is 5.82 Å². The molecule has 3 aromatic rings. The van der Waals surface area contributed by atoms with Crippen LogP contribution in [0.25, 0.3) is 22.1 Å². The molecule has 0 spiro atoms. The zero-order chi connectivity index (χ0) is 11.3. The van der Waals surface area contributed by atoms with Crippen LogP contribution < -0.4 is 5.43 Å². The first kappa shape index (κ1) is 9.08. The number of rotatable bonds is 0. The molecule has 3 rings (SSSR count). The van der Waals surface area contributed by atoms with Crippen molar-refractivity contribution in [3.63, 3.8) is 0 Å². The van der Waals surface area contributed by atoms with Crippen LogP contribution in [-0.2, 0) is 7.05 Å². The average Bonchev–Trinajstić information content (AvgIpc) is 2.59. The van der Waals surface area contributed by atoms with Gasteiger partial charge >= 0.3 is 0 Å². The zero-order valence-corrected chi connectivity index (χ0v) is 8.40. The summed E-state index contributed by atoms with van der Waals surface area (Å²) in [6, 6.07) is 3.84. The molecule has 80 valence electrons. The SMILES string of the molecule is Cn1cc2c(=O)c3ccc(F)cc3oc2n1. The molecule has 0 aliphatic carbocycles. The van der Waals surface area contributed by atoms with E-state index in [0.29, 0.717) is 10.8 Å². The van der Waals surface area contributed by atoms with Crippen molar-refractivity contribution in [2.24, 2.45) is 7.05 Å². The number of hydrogen-bond acceptors (Lipinski definition) is 3. The van der Waals surface area contributed by atoms with E-state index < -0.39 is 5.82 Å². The largest absolute Gasteiger partial charge is 0.436 e. The third-order valence-corrected chi connectivity index (χ3v) is 2.43. The Morgan fingerprint density at radius 2 is 2.19 bits per heavy atom. The lowest BCUT2D eigenvalue weighted by Crippen LogP contribution is -2.00. The number of aryl methyl sites for hydroxylation is 1. The van der Waals surface area contributed by atoms with Gasteiger partial charge in [0.2, 0.25) is 11.1 Å². The standard InChI is InChI=1S/C11H7FN2O2/c1-14-5-8-10(15)7-3-2-6(12)4-9(7)16-11(8)13-14/h2-5H,1H3. The molecule has 0 saturated heterocycles. The third-order valence-electron chi connectivity index (χ3n) is 2.43. The van der Waals surface area contributed by atoms with Gasteiger partial charge in [-0.15, -0.1) is 5.10 Å². The highest BCUT2D eigenvalue weighted by molar-refractivity contribution is 5.87. The number of benzene rings is 1. The third kappa shape index (κ3) is 1.14. The molecule has 1 aromatic carbocycles. The van der Waals surface area contributed by atoms with Gasteiger partial charge in [0.15, 0.2) is 0 Å². The molecule has 0 aliphatic heterocycles. The smallest absolute Gasteiger partial charge is 0.249 e. The minimum Gasteiger partial charge on any atom is -0.436 e. The first-order valence-electron chi connectivity index (χ1n) is 4.71. The van der Waals surface area contributed by atoms with E-state index in [1.807, 2.05) is 0 Å². The predicted molar refractivity (Wildman–Crippen MR) is 56.7 cm³/mol. The van der Waals surface area contributed by atoms with Gasteiger partial charge in [0, 0.05) is 19.3 Å². The number of hydrogen-bond donors (Lipinski definition) is 0. The highest BCUT2D eigenvalue weighted by atomic mass is 19.1. The molecule has 5 heteroatoms. The second kappa shape index (κ2) is 2.91. The summed E-state index contributed by atoms with van der Waals surface area (Å²) in [7, 11) is 1.69. The van der Waals surface area contributed by atoms with Crippen LogP contribution in [0.15, 0.2) is 33.6 Å². The van der Waals surface area contributed by atoms with E-state index >= 15 is 0 Å². The van der Waals surface area contributed by atoms with Gasteiger partial charge in [0.1, 0.15) is 16.8 Å². The molecule has 0 unspecified atom stereocenters. The maximum atomic E-state index is 13.0. The van der Waals surface area contributed by atoms with Crippen LogP contribution in [0.5, 0.6) is 0 Å². The van der Waals surface area contributed by atoms with Crippen molar-refractivity contribution in [2.75, 3.05) is 0 Å². The summed E-state index contributed by atoms with van der Waals surface area (Å²) in [6.07, 6.45) is 1.59. The van der Waals surface area contributed by atoms with E-state index in [4.69, 9.17) is 4.42 Å². The number of halogens is 1. The van der Waals surface area contributed by atoms with Crippen molar-refractivity contribution >= 4 is 22.1 Å². The molecule has 0 atom stereocenters. The Labute approximate surface area is 88.9 Å². The summed E-state index contributed by atoms with van der Waals surface area (Å²) in [5, 5.41) is 4.75. The highest BCUT2D eigenvalue weighted by Gasteiger charge is 2.10. The van der Waals surface area contributed by atoms with Gasteiger partial charge < -0.3 is 4.42 Å². The molecule has 0 amide bonds. The molecule has 4 nitrogen and oxygen atoms in total. The highest BCUT2D eigenvalue weighted by Crippen LogP contribution is 2.17. The van der Waals surface area contributed by atoms with Crippen molar-refractivity contribution in [2.45, 2.75) is 0 Å². The van der Waals surface area contributed by atoms with E-state index in [9.17, 15) is 9.18 Å². The van der Waals surface area contributed by atoms with Crippen molar-refractivity contribution in [1.29, 1.82) is 0 Å². The molecule has 0 saturated carbocycles. The molecule has 0 bridgehead atoms. The first-order chi connectivity index (χ1) is 7.65. The fourth-order valence-electron chi connectivity index (χ4n) is 1.72. The molecule has 2 heterocycles. The van der Waals surface area contributed by atoms with Crippen LogP contribution in [0.1, 0.15) is 0 Å². The molecule has 0 aliphatic rings. The van der Waals surface area contributed by atoms with Gasteiger partial charge in [0.05, 0.1) is 5.39 Å². The van der Waals surface area contributed by atoms with Crippen molar-refractivity contribution in [3.8, 4) is 0 Å². The van der Waals surface area contributed by atoms with Gasteiger partial charge in [-0.05, 0) is 12.1 Å². The van der Waals surface area contributed by atoms with Gasteiger partial charge in [-0.2, -0.15) is 0 Å². The molecule has 16 heavy (non-hydrogen) atoms. The summed E-state index contributed by atoms with van der Waals surface area (Å²) < 4.78 is 19.8. The van der Waals surface area contributed by atoms with Crippen molar-refractivity contribution in [1.82, 2.24) is 9.78 Å². The Morgan fingerprint density at radius 3 is 3.00 bits per heavy atom. The summed E-state index contributed by atoms with van der Waals surface area (Å²) in [6.45, 7) is 0. The lowest BCUT2D eigenvalue weighted by molar-refractivity contribution is 0.605. The Balaban J connectivity index is 2.60. The zero-order valence-electron chi connectivity index (χ0n) is 8.40. The molecule has 0 fully saturated rings. The molecular formula is C11H7FN2O2. The van der Waals surface area contributed by atoms with Crippen LogP contribution in [-0.4, -0.2) is 9.78 Å². The average molecular weight is 218 g/mol. The van der Waals surface area contributed by atoms with E-state index in [2.05, 4.69) is 5.10 Å². The number of aromatic nitrogens is 2. The van der Waals surface area contributed by atoms with E-state index in [1.165, 1.54) is 22.9 Å². The molecule has 2 aromatic heterocycles. The van der Waals surface area contributed by atoms with E-state index in [-0.39, 0.29) is 16.7 Å². The van der Waals surface area contributed by atoms with Crippen LogP contribution in [0.4, 0.5) is 4.39 Å². The van der Waals surface area contributed by atoms with E-state index in [1.54, 1.807) is 13.2 Å². The second-order valence-corrected chi connectivity index (χ2v) is 3.59. The maximum absolute atomic E-state index is 13.0.